The lowest BCUT2D eigenvalue weighted by Crippen LogP contribution is -2.30. The van der Waals surface area contributed by atoms with Gasteiger partial charge < -0.3 is 33.8 Å². The number of unbranched alkanes of at least 4 members (excludes halogenated alkanes) is 44. The molecule has 0 saturated carbocycles. The minimum atomic E-state index is -4.96. The van der Waals surface area contributed by atoms with E-state index in [0.717, 1.165) is 114 Å². The van der Waals surface area contributed by atoms with Gasteiger partial charge in [0.25, 0.3) is 0 Å². The SMILES string of the molecule is CCC(C)CCCCCCCCCCCCCCCCCCCCC(=O)O[C@H](COC(=O)CCCCCCCCCC(C)C)COP(=O)(O)OCC(O)COP(=O)(O)OC[C@@H](COC(=O)CCCCCCCCCCCCC(C)CC)OC(=O)CCCCCCCCCCCCCCCC(C)C. The molecule has 0 rings (SSSR count). The maximum Gasteiger partial charge on any atom is 0.472 e. The molecule has 5 unspecified atom stereocenters. The normalized spacial score (nSPS) is 14.5. The van der Waals surface area contributed by atoms with E-state index in [-0.39, 0.29) is 25.7 Å². The number of rotatable bonds is 80. The van der Waals surface area contributed by atoms with Crippen molar-refractivity contribution in [1.29, 1.82) is 0 Å². The highest BCUT2D eigenvalue weighted by Crippen LogP contribution is 2.45. The molecule has 0 spiro atoms. The van der Waals surface area contributed by atoms with Crippen LogP contribution >= 0.6 is 15.6 Å². The van der Waals surface area contributed by atoms with Crippen LogP contribution in [0.2, 0.25) is 0 Å². The Bertz CT molecular complexity index is 1990. The lowest BCUT2D eigenvalue weighted by molar-refractivity contribution is -0.161. The van der Waals surface area contributed by atoms with E-state index in [0.29, 0.717) is 31.6 Å². The van der Waals surface area contributed by atoms with Crippen molar-refractivity contribution in [3.05, 3.63) is 0 Å². The molecule has 0 saturated heterocycles. The molecule has 0 aromatic heterocycles. The van der Waals surface area contributed by atoms with E-state index in [1.807, 2.05) is 0 Å². The highest BCUT2D eigenvalue weighted by Gasteiger charge is 2.30. The van der Waals surface area contributed by atoms with Gasteiger partial charge in [0, 0.05) is 25.7 Å². The largest absolute Gasteiger partial charge is 0.472 e. The summed E-state index contributed by atoms with van der Waals surface area (Å²) in [6.07, 6.45) is 59.7. The van der Waals surface area contributed by atoms with Crippen molar-refractivity contribution < 1.29 is 80.2 Å². The second kappa shape index (κ2) is 72.0. The van der Waals surface area contributed by atoms with Gasteiger partial charge in [-0.3, -0.25) is 37.3 Å². The number of esters is 4. The van der Waals surface area contributed by atoms with E-state index in [2.05, 4.69) is 55.4 Å². The molecule has 0 fully saturated rings. The van der Waals surface area contributed by atoms with Crippen LogP contribution < -0.4 is 0 Å². The van der Waals surface area contributed by atoms with Crippen molar-refractivity contribution in [3.8, 4) is 0 Å². The third kappa shape index (κ3) is 73.6. The highest BCUT2D eigenvalue weighted by molar-refractivity contribution is 7.47. The first-order chi connectivity index (χ1) is 49.2. The molecule has 7 atom stereocenters. The second-order valence-corrected chi connectivity index (χ2v) is 34.2. The fourth-order valence-electron chi connectivity index (χ4n) is 12.7. The van der Waals surface area contributed by atoms with Gasteiger partial charge in [0.15, 0.2) is 12.2 Å². The van der Waals surface area contributed by atoms with Gasteiger partial charge >= 0.3 is 39.5 Å². The van der Waals surface area contributed by atoms with Gasteiger partial charge in [0.05, 0.1) is 26.4 Å². The highest BCUT2D eigenvalue weighted by atomic mass is 31.2. The summed E-state index contributed by atoms with van der Waals surface area (Å²) in [4.78, 5) is 73.1. The summed E-state index contributed by atoms with van der Waals surface area (Å²) in [5, 5.41) is 10.7. The first kappa shape index (κ1) is 100. The molecule has 0 aliphatic heterocycles. The number of hydrogen-bond acceptors (Lipinski definition) is 15. The van der Waals surface area contributed by atoms with E-state index < -0.39 is 97.5 Å². The quantitative estimate of drug-likeness (QED) is 0.0222. The molecule has 0 bridgehead atoms. The molecule has 17 nitrogen and oxygen atoms in total. The predicted molar refractivity (Wildman–Crippen MR) is 418 cm³/mol. The zero-order valence-corrected chi connectivity index (χ0v) is 69.0. The van der Waals surface area contributed by atoms with E-state index in [1.54, 1.807) is 0 Å². The van der Waals surface area contributed by atoms with Crippen LogP contribution in [-0.2, 0) is 65.4 Å². The molecule has 0 aliphatic carbocycles. The zero-order chi connectivity index (χ0) is 75.3. The van der Waals surface area contributed by atoms with Crippen LogP contribution in [0.4, 0.5) is 0 Å². The number of carbonyl (C=O) groups excluding carboxylic acids is 4. The van der Waals surface area contributed by atoms with Crippen molar-refractivity contribution in [3.63, 3.8) is 0 Å². The van der Waals surface area contributed by atoms with Gasteiger partial charge in [-0.1, -0.05) is 376 Å². The topological polar surface area (TPSA) is 237 Å². The van der Waals surface area contributed by atoms with Crippen molar-refractivity contribution in [2.75, 3.05) is 39.6 Å². The van der Waals surface area contributed by atoms with Crippen molar-refractivity contribution >= 4 is 39.5 Å². The molecule has 0 radical (unpaired) electrons. The molecule has 19 heteroatoms. The average Bonchev–Trinajstić information content (AvgIpc) is 1.03. The Morgan fingerprint density at radius 3 is 0.696 bits per heavy atom. The Kier molecular flexibility index (Phi) is 70.6. The maximum atomic E-state index is 13.1. The molecule has 0 aliphatic rings. The fourth-order valence-corrected chi connectivity index (χ4v) is 14.3. The fraction of sp³-hybridized carbons (Fsp3) is 0.952. The summed E-state index contributed by atoms with van der Waals surface area (Å²) in [6, 6.07) is 0. The Hall–Kier alpha value is -1.94. The van der Waals surface area contributed by atoms with Crippen molar-refractivity contribution in [1.82, 2.24) is 0 Å². The van der Waals surface area contributed by atoms with Crippen LogP contribution in [0.3, 0.4) is 0 Å². The number of ether oxygens (including phenoxy) is 4. The Morgan fingerprint density at radius 2 is 0.471 bits per heavy atom. The first-order valence-corrected chi connectivity index (χ1v) is 45.8. The minimum Gasteiger partial charge on any atom is -0.462 e. The average molecular weight is 1490 g/mol. The zero-order valence-electron chi connectivity index (χ0n) is 67.2. The van der Waals surface area contributed by atoms with Gasteiger partial charge in [-0.25, -0.2) is 9.13 Å². The summed E-state index contributed by atoms with van der Waals surface area (Å²) in [5.74, 6) is 1.06. The molecular formula is C83H162O17P2. The molecule has 0 amide bonds. The van der Waals surface area contributed by atoms with E-state index in [4.69, 9.17) is 37.0 Å². The standard InChI is InChI=1S/C83H162O17P2/c1-9-75(7)61-53-45-37-29-23-19-15-13-11-12-14-16-20-24-32-40-49-57-65-83(88)100-79(70-94-81(86)64-56-48-42-34-36-44-52-60-74(5)6)72-98-102(91,92)96-68-77(84)67-95-101(89,90)97-71-78(69-93-80(85)63-55-47-39-31-27-26-30-38-46-54-62-76(8)10-2)99-82(87)66-58-50-41-33-25-21-17-18-22-28-35-43-51-59-73(3)4/h73-79,84H,9-72H2,1-8H3,(H,89,90)(H,91,92)/t75?,76?,77?,78-,79-/m1/s1. The van der Waals surface area contributed by atoms with Crippen LogP contribution in [0.5, 0.6) is 0 Å². The molecule has 0 aromatic carbocycles. The summed E-state index contributed by atoms with van der Waals surface area (Å²) in [6.45, 7) is 14.3. The first-order valence-electron chi connectivity index (χ1n) is 42.8. The molecule has 0 aromatic rings. The summed E-state index contributed by atoms with van der Waals surface area (Å²) < 4.78 is 68.8. The number of aliphatic hydroxyl groups is 1. The number of hydrogen-bond donors (Lipinski definition) is 3. The van der Waals surface area contributed by atoms with Crippen LogP contribution in [0.1, 0.15) is 428 Å². The lowest BCUT2D eigenvalue weighted by atomic mass is 9.99. The molecule has 3 N–H and O–H groups in total. The van der Waals surface area contributed by atoms with Crippen molar-refractivity contribution in [2.24, 2.45) is 23.7 Å². The summed E-state index contributed by atoms with van der Waals surface area (Å²) >= 11 is 0. The van der Waals surface area contributed by atoms with Gasteiger partial charge in [0.1, 0.15) is 19.3 Å². The lowest BCUT2D eigenvalue weighted by Gasteiger charge is -2.21. The van der Waals surface area contributed by atoms with E-state index in [9.17, 15) is 43.2 Å². The molecule has 102 heavy (non-hydrogen) atoms. The van der Waals surface area contributed by atoms with E-state index in [1.165, 1.54) is 225 Å². The Morgan fingerprint density at radius 1 is 0.275 bits per heavy atom. The van der Waals surface area contributed by atoms with Crippen LogP contribution in [0.15, 0.2) is 0 Å². The minimum absolute atomic E-state index is 0.107. The van der Waals surface area contributed by atoms with Crippen LogP contribution in [0, 0.1) is 23.7 Å². The van der Waals surface area contributed by atoms with E-state index >= 15 is 0 Å². The monoisotopic (exact) mass is 1490 g/mol. The summed E-state index contributed by atoms with van der Waals surface area (Å²) in [5.41, 5.74) is 0. The van der Waals surface area contributed by atoms with Crippen LogP contribution in [-0.4, -0.2) is 96.7 Å². The van der Waals surface area contributed by atoms with Crippen molar-refractivity contribution in [2.45, 2.75) is 446 Å². The van der Waals surface area contributed by atoms with Gasteiger partial charge in [0.2, 0.25) is 0 Å². The smallest absolute Gasteiger partial charge is 0.462 e. The number of phosphoric ester groups is 2. The Labute approximate surface area is 626 Å². The third-order valence-electron chi connectivity index (χ3n) is 20.0. The molecule has 606 valence electrons. The summed E-state index contributed by atoms with van der Waals surface area (Å²) in [7, 11) is -9.92. The second-order valence-electron chi connectivity index (χ2n) is 31.3. The third-order valence-corrected chi connectivity index (χ3v) is 21.9. The number of aliphatic hydroxyl groups excluding tert-OH is 1. The molecule has 0 heterocycles. The number of phosphoric acid groups is 2. The Balaban J connectivity index is 5.20. The van der Waals surface area contributed by atoms with Crippen LogP contribution in [0.25, 0.3) is 0 Å². The predicted octanol–water partition coefficient (Wildman–Crippen LogP) is 24.8. The van der Waals surface area contributed by atoms with Gasteiger partial charge in [-0.2, -0.15) is 0 Å². The molecular weight excluding hydrogens is 1330 g/mol. The van der Waals surface area contributed by atoms with Gasteiger partial charge in [-0.05, 0) is 49.4 Å². The maximum absolute atomic E-state index is 13.1. The number of carbonyl (C=O) groups is 4. The van der Waals surface area contributed by atoms with Gasteiger partial charge in [-0.15, -0.1) is 0 Å².